The molecule has 0 aliphatic carbocycles. The fourth-order valence-electron chi connectivity index (χ4n) is 2.34. The van der Waals surface area contributed by atoms with Crippen molar-refractivity contribution in [3.8, 4) is 17.1 Å². The lowest BCUT2D eigenvalue weighted by Gasteiger charge is -2.11. The van der Waals surface area contributed by atoms with Crippen LogP contribution in [0, 0.1) is 11.6 Å². The Kier molecular flexibility index (Phi) is 5.62. The monoisotopic (exact) mass is 375 g/mol. The average molecular weight is 375 g/mol. The van der Waals surface area contributed by atoms with Crippen LogP contribution < -0.4 is 0 Å². The van der Waals surface area contributed by atoms with E-state index in [1.165, 1.54) is 10.6 Å². The summed E-state index contributed by atoms with van der Waals surface area (Å²) in [5, 5.41) is 8.51. The molecule has 2 aromatic carbocycles. The molecule has 0 aliphatic rings. The third kappa shape index (κ3) is 3.91. The molecule has 5 nitrogen and oxygen atoms in total. The summed E-state index contributed by atoms with van der Waals surface area (Å²) in [7, 11) is 0. The molecule has 0 aliphatic heterocycles. The maximum absolute atomic E-state index is 14.4. The van der Waals surface area contributed by atoms with E-state index in [-0.39, 0.29) is 18.0 Å². The van der Waals surface area contributed by atoms with Gasteiger partial charge in [0.05, 0.1) is 18.0 Å². The summed E-state index contributed by atoms with van der Waals surface area (Å²) in [6.07, 6.45) is 0. The summed E-state index contributed by atoms with van der Waals surface area (Å²) in [4.78, 5) is 11.6. The molecule has 26 heavy (non-hydrogen) atoms. The average Bonchev–Trinajstić information content (AvgIpc) is 3.05. The predicted molar refractivity (Wildman–Crippen MR) is 94.1 cm³/mol. The van der Waals surface area contributed by atoms with E-state index in [1.54, 1.807) is 6.92 Å². The van der Waals surface area contributed by atoms with E-state index in [0.717, 1.165) is 23.9 Å². The maximum Gasteiger partial charge on any atom is 0.316 e. The Bertz CT molecular complexity index is 916. The molecule has 1 aromatic heterocycles. The highest BCUT2D eigenvalue weighted by atomic mass is 32.2. The van der Waals surface area contributed by atoms with Crippen LogP contribution in [0.2, 0.25) is 0 Å². The Morgan fingerprint density at radius 1 is 1.15 bits per heavy atom. The Hall–Kier alpha value is -2.74. The number of hydrogen-bond acceptors (Lipinski definition) is 5. The summed E-state index contributed by atoms with van der Waals surface area (Å²) >= 11 is 1.07. The van der Waals surface area contributed by atoms with Crippen LogP contribution in [0.25, 0.3) is 17.1 Å². The summed E-state index contributed by atoms with van der Waals surface area (Å²) in [6, 6.07) is 12.4. The van der Waals surface area contributed by atoms with Crippen LogP contribution in [0.3, 0.4) is 0 Å². The lowest BCUT2D eigenvalue weighted by Crippen LogP contribution is -2.08. The molecule has 0 N–H and O–H groups in total. The zero-order valence-electron chi connectivity index (χ0n) is 13.9. The Labute approximate surface area is 153 Å². The van der Waals surface area contributed by atoms with Gasteiger partial charge in [-0.15, -0.1) is 10.2 Å². The lowest BCUT2D eigenvalue weighted by atomic mass is 10.2. The first-order chi connectivity index (χ1) is 12.6. The molecule has 0 saturated heterocycles. The van der Waals surface area contributed by atoms with Crippen LogP contribution in [0.15, 0.2) is 53.7 Å². The van der Waals surface area contributed by atoms with Crippen LogP contribution in [0.4, 0.5) is 8.78 Å². The first-order valence-electron chi connectivity index (χ1n) is 7.85. The number of benzene rings is 2. The fraction of sp³-hybridized carbons (Fsp3) is 0.167. The van der Waals surface area contributed by atoms with Crippen molar-refractivity contribution in [2.45, 2.75) is 12.1 Å². The van der Waals surface area contributed by atoms with Gasteiger partial charge in [0, 0.05) is 11.6 Å². The van der Waals surface area contributed by atoms with E-state index >= 15 is 0 Å². The fourth-order valence-corrected chi connectivity index (χ4v) is 3.09. The van der Waals surface area contributed by atoms with Gasteiger partial charge in [-0.2, -0.15) is 0 Å². The molecule has 0 atom stereocenters. The summed E-state index contributed by atoms with van der Waals surface area (Å²) in [5.74, 6) is -1.44. The number of esters is 1. The van der Waals surface area contributed by atoms with Crippen LogP contribution in [0.5, 0.6) is 0 Å². The van der Waals surface area contributed by atoms with Gasteiger partial charge in [0.2, 0.25) is 0 Å². The maximum atomic E-state index is 14.4. The van der Waals surface area contributed by atoms with Gasteiger partial charge in [0.15, 0.2) is 11.0 Å². The number of aromatic nitrogens is 3. The Balaban J connectivity index is 2.05. The highest BCUT2D eigenvalue weighted by Gasteiger charge is 2.20. The van der Waals surface area contributed by atoms with E-state index in [1.807, 2.05) is 30.3 Å². The number of rotatable bonds is 6. The van der Waals surface area contributed by atoms with E-state index in [0.29, 0.717) is 16.5 Å². The van der Waals surface area contributed by atoms with Gasteiger partial charge in [-0.05, 0) is 19.1 Å². The highest BCUT2D eigenvalue weighted by molar-refractivity contribution is 7.99. The molecule has 0 unspecified atom stereocenters. The first kappa shape index (κ1) is 18.1. The summed E-state index contributed by atoms with van der Waals surface area (Å²) < 4.78 is 34.1. The van der Waals surface area contributed by atoms with Crippen molar-refractivity contribution in [1.82, 2.24) is 14.8 Å². The third-order valence-electron chi connectivity index (χ3n) is 3.44. The molecule has 0 radical (unpaired) electrons. The van der Waals surface area contributed by atoms with Crippen molar-refractivity contribution >= 4 is 17.7 Å². The summed E-state index contributed by atoms with van der Waals surface area (Å²) in [6.45, 7) is 1.99. The van der Waals surface area contributed by atoms with Crippen LogP contribution in [-0.4, -0.2) is 33.1 Å². The first-order valence-corrected chi connectivity index (χ1v) is 8.83. The number of thioether (sulfide) groups is 1. The van der Waals surface area contributed by atoms with Crippen molar-refractivity contribution in [1.29, 1.82) is 0 Å². The third-order valence-corrected chi connectivity index (χ3v) is 4.34. The minimum Gasteiger partial charge on any atom is -0.465 e. The molecule has 8 heteroatoms. The molecule has 3 rings (SSSR count). The van der Waals surface area contributed by atoms with Crippen molar-refractivity contribution in [3.63, 3.8) is 0 Å². The minimum atomic E-state index is -0.750. The zero-order valence-corrected chi connectivity index (χ0v) is 14.7. The Morgan fingerprint density at radius 2 is 1.92 bits per heavy atom. The predicted octanol–water partition coefficient (Wildman–Crippen LogP) is 3.87. The number of carbonyl (C=O) groups excluding carboxylic acids is 1. The largest absolute Gasteiger partial charge is 0.465 e. The van der Waals surface area contributed by atoms with Gasteiger partial charge in [-0.25, -0.2) is 8.78 Å². The Morgan fingerprint density at radius 3 is 2.62 bits per heavy atom. The quantitative estimate of drug-likeness (QED) is 0.484. The smallest absolute Gasteiger partial charge is 0.316 e. The standard InChI is InChI=1S/C18H15F2N3O2S/c1-2-25-16(24)11-26-18-22-21-17(12-6-4-3-5-7-12)23(18)15-9-8-13(19)10-14(15)20/h3-10H,2,11H2,1H3. The van der Waals surface area contributed by atoms with Gasteiger partial charge in [-0.3, -0.25) is 9.36 Å². The molecular formula is C18H15F2N3O2S. The SMILES string of the molecule is CCOC(=O)CSc1nnc(-c2ccccc2)n1-c1ccc(F)cc1F. The normalized spacial score (nSPS) is 10.7. The topological polar surface area (TPSA) is 57.0 Å². The van der Waals surface area contributed by atoms with Gasteiger partial charge in [0.1, 0.15) is 11.6 Å². The van der Waals surface area contributed by atoms with Gasteiger partial charge >= 0.3 is 5.97 Å². The molecule has 134 valence electrons. The van der Waals surface area contributed by atoms with Gasteiger partial charge in [0.25, 0.3) is 0 Å². The summed E-state index contributed by atoms with van der Waals surface area (Å²) in [5.41, 5.74) is 0.813. The number of halogens is 2. The van der Waals surface area contributed by atoms with Gasteiger partial charge in [-0.1, -0.05) is 42.1 Å². The molecule has 1 heterocycles. The molecular weight excluding hydrogens is 360 g/mol. The van der Waals surface area contributed by atoms with E-state index in [9.17, 15) is 13.6 Å². The van der Waals surface area contributed by atoms with Crippen molar-refractivity contribution in [2.24, 2.45) is 0 Å². The number of carbonyl (C=O) groups is 1. The molecule has 0 saturated carbocycles. The minimum absolute atomic E-state index is 0.00355. The van der Waals surface area contributed by atoms with E-state index in [2.05, 4.69) is 10.2 Å². The van der Waals surface area contributed by atoms with Crippen molar-refractivity contribution in [3.05, 3.63) is 60.2 Å². The van der Waals surface area contributed by atoms with Gasteiger partial charge < -0.3 is 4.74 Å². The van der Waals surface area contributed by atoms with Crippen LogP contribution in [0.1, 0.15) is 6.92 Å². The second-order valence-corrected chi connectivity index (χ2v) is 6.14. The molecule has 3 aromatic rings. The van der Waals surface area contributed by atoms with Crippen molar-refractivity contribution < 1.29 is 18.3 Å². The number of ether oxygens (including phenoxy) is 1. The highest BCUT2D eigenvalue weighted by Crippen LogP contribution is 2.29. The molecule has 0 amide bonds. The van der Waals surface area contributed by atoms with Crippen LogP contribution in [-0.2, 0) is 9.53 Å². The van der Waals surface area contributed by atoms with E-state index in [4.69, 9.17) is 4.74 Å². The second-order valence-electron chi connectivity index (χ2n) is 5.20. The van der Waals surface area contributed by atoms with Crippen molar-refractivity contribution in [2.75, 3.05) is 12.4 Å². The molecule has 0 fully saturated rings. The second kappa shape index (κ2) is 8.09. The number of nitrogens with zero attached hydrogens (tertiary/aromatic N) is 3. The zero-order chi connectivity index (χ0) is 18.5. The molecule has 0 bridgehead atoms. The van der Waals surface area contributed by atoms with E-state index < -0.39 is 17.6 Å². The lowest BCUT2D eigenvalue weighted by molar-refractivity contribution is -0.139. The number of hydrogen-bond donors (Lipinski definition) is 0. The molecule has 0 spiro atoms. The van der Waals surface area contributed by atoms with Crippen LogP contribution >= 0.6 is 11.8 Å².